The minimum absolute atomic E-state index is 0.567. The van der Waals surface area contributed by atoms with Crippen LogP contribution >= 0.6 is 11.6 Å². The molecular weight excluding hydrogens is 352 g/mol. The normalized spacial score (nSPS) is 11.0. The van der Waals surface area contributed by atoms with Crippen LogP contribution in [0.15, 0.2) is 85.1 Å². The number of rotatable bonds is 6. The van der Waals surface area contributed by atoms with Gasteiger partial charge in [-0.3, -0.25) is 0 Å². The van der Waals surface area contributed by atoms with Gasteiger partial charge in [-0.15, -0.1) is 0 Å². The van der Waals surface area contributed by atoms with E-state index in [1.54, 1.807) is 0 Å². The molecule has 0 spiro atoms. The molecule has 0 unspecified atom stereocenters. The Morgan fingerprint density at radius 2 is 1.52 bits per heavy atom. The molecule has 0 bridgehead atoms. The zero-order valence-corrected chi connectivity index (χ0v) is 15.8. The Morgan fingerprint density at radius 3 is 2.41 bits per heavy atom. The number of nitrogens with one attached hydrogen (secondary N) is 1. The van der Waals surface area contributed by atoms with E-state index >= 15 is 0 Å². The summed E-state index contributed by atoms with van der Waals surface area (Å²) in [6.07, 6.45) is 2.72. The molecular formula is C24H21ClN2. The summed E-state index contributed by atoms with van der Waals surface area (Å²) in [5.41, 5.74) is 4.77. The van der Waals surface area contributed by atoms with Crippen molar-refractivity contribution in [2.75, 3.05) is 0 Å². The number of aromatic nitrogens is 1. The zero-order chi connectivity index (χ0) is 18.5. The van der Waals surface area contributed by atoms with Crippen LogP contribution < -0.4 is 5.32 Å². The summed E-state index contributed by atoms with van der Waals surface area (Å²) in [5, 5.41) is 6.58. The average molecular weight is 373 g/mol. The van der Waals surface area contributed by atoms with E-state index in [1.807, 2.05) is 12.3 Å². The van der Waals surface area contributed by atoms with Crippen LogP contribution in [-0.4, -0.2) is 4.98 Å². The molecule has 4 aromatic rings. The molecule has 3 heteroatoms. The fourth-order valence-corrected chi connectivity index (χ4v) is 3.54. The molecule has 1 heterocycles. The van der Waals surface area contributed by atoms with Gasteiger partial charge in [0, 0.05) is 24.8 Å². The van der Waals surface area contributed by atoms with E-state index < -0.39 is 0 Å². The Kier molecular flexibility index (Phi) is 5.47. The average Bonchev–Trinajstić information content (AvgIpc) is 2.71. The third-order valence-electron chi connectivity index (χ3n) is 4.73. The summed E-state index contributed by atoms with van der Waals surface area (Å²) < 4.78 is 0. The predicted octanol–water partition coefficient (Wildman–Crippen LogP) is 5.77. The Hall–Kier alpha value is -2.68. The second-order valence-corrected chi connectivity index (χ2v) is 7.06. The van der Waals surface area contributed by atoms with Gasteiger partial charge < -0.3 is 5.32 Å². The molecule has 0 atom stereocenters. The van der Waals surface area contributed by atoms with Crippen LogP contribution in [0.1, 0.15) is 22.3 Å². The smallest absolute Gasteiger partial charge is 0.133 e. The molecule has 1 N–H and O–H groups in total. The molecule has 134 valence electrons. The van der Waals surface area contributed by atoms with Crippen LogP contribution in [0.25, 0.3) is 10.8 Å². The van der Waals surface area contributed by atoms with Gasteiger partial charge in [0.25, 0.3) is 0 Å². The van der Waals surface area contributed by atoms with Crippen LogP contribution in [0.3, 0.4) is 0 Å². The van der Waals surface area contributed by atoms with E-state index in [0.29, 0.717) is 11.7 Å². The molecule has 1 aromatic heterocycles. The van der Waals surface area contributed by atoms with Gasteiger partial charge in [0.05, 0.1) is 0 Å². The minimum Gasteiger partial charge on any atom is -0.309 e. The standard InChI is InChI=1S/C24H21ClN2/c25-24-22(17-26-15-18-7-2-1-3-8-18)14-19(16-27-24)13-21-11-6-10-20-9-4-5-12-23(20)21/h1-12,14,16,26H,13,15,17H2. The minimum atomic E-state index is 0.567. The van der Waals surface area contributed by atoms with Crippen molar-refractivity contribution in [3.05, 3.63) is 112 Å². The number of pyridine rings is 1. The zero-order valence-electron chi connectivity index (χ0n) is 15.0. The van der Waals surface area contributed by atoms with E-state index in [4.69, 9.17) is 11.6 Å². The fraction of sp³-hybridized carbons (Fsp3) is 0.125. The van der Waals surface area contributed by atoms with Crippen molar-refractivity contribution in [1.82, 2.24) is 10.3 Å². The second-order valence-electron chi connectivity index (χ2n) is 6.70. The highest BCUT2D eigenvalue weighted by molar-refractivity contribution is 6.30. The lowest BCUT2D eigenvalue weighted by Gasteiger charge is -2.10. The summed E-state index contributed by atoms with van der Waals surface area (Å²) in [4.78, 5) is 4.41. The third-order valence-corrected chi connectivity index (χ3v) is 5.07. The maximum Gasteiger partial charge on any atom is 0.133 e. The Bertz CT molecular complexity index is 1040. The van der Waals surface area contributed by atoms with Crippen LogP contribution in [0.4, 0.5) is 0 Å². The fourth-order valence-electron chi connectivity index (χ4n) is 3.37. The molecule has 0 fully saturated rings. The summed E-state index contributed by atoms with van der Waals surface area (Å²) in [6.45, 7) is 1.51. The van der Waals surface area contributed by atoms with Crippen molar-refractivity contribution >= 4 is 22.4 Å². The lowest BCUT2D eigenvalue weighted by Crippen LogP contribution is -2.13. The summed E-state index contributed by atoms with van der Waals surface area (Å²) >= 11 is 6.32. The second kappa shape index (κ2) is 8.34. The number of halogens is 1. The Balaban J connectivity index is 1.50. The number of benzene rings is 3. The molecule has 0 saturated heterocycles. The monoisotopic (exact) mass is 372 g/mol. The number of nitrogens with zero attached hydrogens (tertiary/aromatic N) is 1. The molecule has 0 saturated carbocycles. The van der Waals surface area contributed by atoms with Gasteiger partial charge in [0.15, 0.2) is 0 Å². The lowest BCUT2D eigenvalue weighted by atomic mass is 9.99. The highest BCUT2D eigenvalue weighted by atomic mass is 35.5. The molecule has 0 aliphatic carbocycles. The molecule has 0 aliphatic rings. The summed E-state index contributed by atoms with van der Waals surface area (Å²) in [6, 6.07) is 27.5. The summed E-state index contributed by atoms with van der Waals surface area (Å²) in [5.74, 6) is 0. The van der Waals surface area contributed by atoms with Gasteiger partial charge in [-0.1, -0.05) is 84.4 Å². The van der Waals surface area contributed by atoms with Crippen LogP contribution in [0, 0.1) is 0 Å². The first-order valence-electron chi connectivity index (χ1n) is 9.14. The summed E-state index contributed by atoms with van der Waals surface area (Å²) in [7, 11) is 0. The van der Waals surface area contributed by atoms with Crippen LogP contribution in [0.5, 0.6) is 0 Å². The number of hydrogen-bond donors (Lipinski definition) is 1. The van der Waals surface area contributed by atoms with Crippen LogP contribution in [0.2, 0.25) is 5.15 Å². The Morgan fingerprint density at radius 1 is 0.741 bits per heavy atom. The quantitative estimate of drug-likeness (QED) is 0.434. The van der Waals surface area contributed by atoms with Crippen molar-refractivity contribution in [1.29, 1.82) is 0 Å². The molecule has 0 radical (unpaired) electrons. The van der Waals surface area contributed by atoms with Crippen molar-refractivity contribution in [2.24, 2.45) is 0 Å². The van der Waals surface area contributed by atoms with E-state index in [1.165, 1.54) is 27.5 Å². The van der Waals surface area contributed by atoms with Crippen molar-refractivity contribution in [3.8, 4) is 0 Å². The first kappa shape index (κ1) is 17.7. The predicted molar refractivity (Wildman–Crippen MR) is 113 cm³/mol. The molecule has 2 nitrogen and oxygen atoms in total. The van der Waals surface area contributed by atoms with Crippen LogP contribution in [-0.2, 0) is 19.5 Å². The van der Waals surface area contributed by atoms with Gasteiger partial charge in [-0.2, -0.15) is 0 Å². The van der Waals surface area contributed by atoms with Gasteiger partial charge in [-0.05, 0) is 39.9 Å². The third kappa shape index (κ3) is 4.36. The van der Waals surface area contributed by atoms with Gasteiger partial charge in [0.1, 0.15) is 5.15 Å². The largest absolute Gasteiger partial charge is 0.309 e. The maximum atomic E-state index is 6.32. The highest BCUT2D eigenvalue weighted by Gasteiger charge is 2.07. The molecule has 0 amide bonds. The highest BCUT2D eigenvalue weighted by Crippen LogP contribution is 2.23. The van der Waals surface area contributed by atoms with Crippen molar-refractivity contribution in [3.63, 3.8) is 0 Å². The molecule has 0 aliphatic heterocycles. The molecule has 4 rings (SSSR count). The van der Waals surface area contributed by atoms with E-state index in [9.17, 15) is 0 Å². The maximum absolute atomic E-state index is 6.32. The van der Waals surface area contributed by atoms with Crippen molar-refractivity contribution < 1.29 is 0 Å². The molecule has 3 aromatic carbocycles. The first-order chi connectivity index (χ1) is 13.3. The topological polar surface area (TPSA) is 24.9 Å². The Labute approximate surface area is 164 Å². The SMILES string of the molecule is Clc1ncc(Cc2cccc3ccccc23)cc1CNCc1ccccc1. The van der Waals surface area contributed by atoms with E-state index in [2.05, 4.69) is 83.1 Å². The van der Waals surface area contributed by atoms with Gasteiger partial charge in [-0.25, -0.2) is 4.98 Å². The van der Waals surface area contributed by atoms with E-state index in [0.717, 1.165) is 18.5 Å². The van der Waals surface area contributed by atoms with Crippen molar-refractivity contribution in [2.45, 2.75) is 19.5 Å². The molecule has 27 heavy (non-hydrogen) atoms. The van der Waals surface area contributed by atoms with Gasteiger partial charge >= 0.3 is 0 Å². The lowest BCUT2D eigenvalue weighted by molar-refractivity contribution is 0.691. The van der Waals surface area contributed by atoms with Gasteiger partial charge in [0.2, 0.25) is 0 Å². The number of hydrogen-bond acceptors (Lipinski definition) is 2. The number of fused-ring (bicyclic) bond motifs is 1. The van der Waals surface area contributed by atoms with E-state index in [-0.39, 0.29) is 0 Å². The first-order valence-corrected chi connectivity index (χ1v) is 9.52.